The largest absolute Gasteiger partial charge is 0.354 e. The molecule has 0 bridgehead atoms. The quantitative estimate of drug-likeness (QED) is 0.690. The molecule has 4 heteroatoms. The molecule has 0 saturated heterocycles. The van der Waals surface area contributed by atoms with Crippen molar-refractivity contribution >= 4 is 16.9 Å². The highest BCUT2D eigenvalue weighted by atomic mass is 32.1. The lowest BCUT2D eigenvalue weighted by Gasteiger charge is -2.21. The number of H-pyrrole nitrogens is 1. The van der Waals surface area contributed by atoms with Crippen LogP contribution < -0.4 is 0 Å². The summed E-state index contributed by atoms with van der Waals surface area (Å²) in [7, 11) is 0. The van der Waals surface area contributed by atoms with Crippen LogP contribution in [0.25, 0.3) is 5.57 Å². The normalized spacial score (nSPS) is 13.9. The summed E-state index contributed by atoms with van der Waals surface area (Å²) in [6.07, 6.45) is 9.52. The molecule has 0 radical (unpaired) electrons. The number of hydrogen-bond acceptors (Lipinski definition) is 3. The van der Waals surface area contributed by atoms with Crippen LogP contribution in [0.1, 0.15) is 28.2 Å². The lowest BCUT2D eigenvalue weighted by molar-refractivity contribution is 0.503. The van der Waals surface area contributed by atoms with Crippen molar-refractivity contribution in [3.05, 3.63) is 94.2 Å². The number of allylic oxidation sites excluding steroid dienone is 2. The average Bonchev–Trinajstić information content (AvgIpc) is 3.34. The Morgan fingerprint density at radius 2 is 2.04 bits per heavy atom. The van der Waals surface area contributed by atoms with Crippen molar-refractivity contribution in [1.82, 2.24) is 15.1 Å². The molecule has 0 amide bonds. The molecule has 1 N–H and O–H groups in total. The van der Waals surface area contributed by atoms with Crippen LogP contribution in [-0.2, 0) is 12.8 Å². The van der Waals surface area contributed by atoms with Gasteiger partial charge in [-0.05, 0) is 47.7 Å². The van der Waals surface area contributed by atoms with E-state index in [-0.39, 0.29) is 0 Å². The van der Waals surface area contributed by atoms with E-state index in [1.807, 2.05) is 0 Å². The first-order valence-electron chi connectivity index (χ1n) is 8.61. The number of aromatic amines is 1. The highest BCUT2D eigenvalue weighted by Gasteiger charge is 2.11. The first-order valence-corrected chi connectivity index (χ1v) is 9.49. The number of benzene rings is 1. The number of aromatic nitrogens is 2. The fourth-order valence-corrected chi connectivity index (χ4v) is 3.77. The number of nitrogens with zero attached hydrogens (tertiary/aromatic N) is 2. The van der Waals surface area contributed by atoms with E-state index >= 15 is 0 Å². The van der Waals surface area contributed by atoms with Gasteiger partial charge in [-0.3, -0.25) is 5.10 Å². The molecule has 1 aromatic carbocycles. The zero-order valence-corrected chi connectivity index (χ0v) is 14.9. The molecule has 3 heterocycles. The Kier molecular flexibility index (Phi) is 4.79. The fourth-order valence-electron chi connectivity index (χ4n) is 3.04. The Morgan fingerprint density at radius 1 is 1.12 bits per heavy atom. The van der Waals surface area contributed by atoms with Crippen molar-refractivity contribution < 1.29 is 0 Å². The van der Waals surface area contributed by atoms with Gasteiger partial charge in [-0.1, -0.05) is 42.5 Å². The predicted molar refractivity (Wildman–Crippen MR) is 104 cm³/mol. The molecule has 25 heavy (non-hydrogen) atoms. The molecule has 1 aliphatic heterocycles. The van der Waals surface area contributed by atoms with Gasteiger partial charge in [-0.25, -0.2) is 0 Å². The predicted octanol–water partition coefficient (Wildman–Crippen LogP) is 4.87. The molecule has 0 saturated carbocycles. The van der Waals surface area contributed by atoms with Crippen molar-refractivity contribution in [3.8, 4) is 0 Å². The third-order valence-corrected chi connectivity index (χ3v) is 5.24. The first-order chi connectivity index (χ1) is 12.4. The van der Waals surface area contributed by atoms with Gasteiger partial charge in [0, 0.05) is 29.7 Å². The lowest BCUT2D eigenvalue weighted by Crippen LogP contribution is -2.16. The van der Waals surface area contributed by atoms with E-state index in [0.717, 1.165) is 31.5 Å². The third kappa shape index (κ3) is 4.09. The zero-order valence-electron chi connectivity index (χ0n) is 14.1. The molecular weight excluding hydrogens is 326 g/mol. The summed E-state index contributed by atoms with van der Waals surface area (Å²) in [5.41, 5.74) is 4.86. The van der Waals surface area contributed by atoms with Crippen LogP contribution in [0.2, 0.25) is 0 Å². The van der Waals surface area contributed by atoms with Crippen molar-refractivity contribution in [2.24, 2.45) is 0 Å². The molecule has 0 atom stereocenters. The highest BCUT2D eigenvalue weighted by molar-refractivity contribution is 7.09. The van der Waals surface area contributed by atoms with E-state index in [1.54, 1.807) is 11.3 Å². The minimum Gasteiger partial charge on any atom is -0.354 e. The molecular formula is C21H21N3S. The van der Waals surface area contributed by atoms with E-state index in [4.69, 9.17) is 0 Å². The fraction of sp³-hybridized carbons (Fsp3) is 0.190. The van der Waals surface area contributed by atoms with Crippen LogP contribution in [0.15, 0.2) is 72.4 Å². The number of rotatable bonds is 6. The second-order valence-electron chi connectivity index (χ2n) is 6.25. The summed E-state index contributed by atoms with van der Waals surface area (Å²) < 4.78 is 0. The number of nitrogens with one attached hydrogen (secondary N) is 1. The Labute approximate surface area is 152 Å². The minimum atomic E-state index is 0.922. The molecule has 0 fully saturated rings. The van der Waals surface area contributed by atoms with Gasteiger partial charge < -0.3 is 4.90 Å². The summed E-state index contributed by atoms with van der Waals surface area (Å²) >= 11 is 1.79. The Balaban J connectivity index is 1.41. The standard InChI is InChI=1S/C21H21N3S/c1-2-6-17(7-3-1)10-12-24-11-4-8-18(16-24)21-15-19(22-23-21)14-20-9-5-13-25-20/h1-7,9,11,13,15-16H,8,10,12,14H2,(H,22,23). The first kappa shape index (κ1) is 15.9. The van der Waals surface area contributed by atoms with Gasteiger partial charge in [0.25, 0.3) is 0 Å². The second-order valence-corrected chi connectivity index (χ2v) is 7.28. The van der Waals surface area contributed by atoms with Gasteiger partial charge in [0.15, 0.2) is 0 Å². The third-order valence-electron chi connectivity index (χ3n) is 4.36. The molecule has 4 rings (SSSR count). The lowest BCUT2D eigenvalue weighted by atomic mass is 10.1. The molecule has 2 aromatic heterocycles. The van der Waals surface area contributed by atoms with Gasteiger partial charge >= 0.3 is 0 Å². The van der Waals surface area contributed by atoms with Crippen LogP contribution in [-0.4, -0.2) is 21.6 Å². The summed E-state index contributed by atoms with van der Waals surface area (Å²) in [4.78, 5) is 3.62. The smallest absolute Gasteiger partial charge is 0.0901 e. The van der Waals surface area contributed by atoms with Crippen LogP contribution in [0.4, 0.5) is 0 Å². The van der Waals surface area contributed by atoms with Crippen LogP contribution in [0, 0.1) is 0 Å². The van der Waals surface area contributed by atoms with Gasteiger partial charge in [0.05, 0.1) is 5.69 Å². The molecule has 126 valence electrons. The van der Waals surface area contributed by atoms with E-state index in [9.17, 15) is 0 Å². The highest BCUT2D eigenvalue weighted by Crippen LogP contribution is 2.23. The van der Waals surface area contributed by atoms with Crippen molar-refractivity contribution in [2.75, 3.05) is 6.54 Å². The molecule has 0 aliphatic carbocycles. The molecule has 0 spiro atoms. The summed E-state index contributed by atoms with van der Waals surface area (Å²) in [5, 5.41) is 9.83. The summed E-state index contributed by atoms with van der Waals surface area (Å²) in [6, 6.07) is 17.1. The van der Waals surface area contributed by atoms with Gasteiger partial charge in [0.1, 0.15) is 0 Å². The Morgan fingerprint density at radius 3 is 2.88 bits per heavy atom. The summed E-state index contributed by atoms with van der Waals surface area (Å²) in [6.45, 7) is 0.983. The Bertz CT molecular complexity index is 860. The van der Waals surface area contributed by atoms with Crippen LogP contribution in [0.3, 0.4) is 0 Å². The van der Waals surface area contributed by atoms with Crippen molar-refractivity contribution in [2.45, 2.75) is 19.3 Å². The number of hydrogen-bond donors (Lipinski definition) is 1. The Hall–Kier alpha value is -2.59. The monoisotopic (exact) mass is 347 g/mol. The van der Waals surface area contributed by atoms with Gasteiger partial charge in [-0.15, -0.1) is 11.3 Å². The van der Waals surface area contributed by atoms with E-state index in [0.29, 0.717) is 0 Å². The van der Waals surface area contributed by atoms with Gasteiger partial charge in [0.2, 0.25) is 0 Å². The van der Waals surface area contributed by atoms with E-state index in [1.165, 1.54) is 21.7 Å². The zero-order chi connectivity index (χ0) is 16.9. The molecule has 3 aromatic rings. The SMILES string of the molecule is C1=CN(CCc2ccccc2)C=C(c2cc(Cc3cccs3)[nH]n2)C1. The van der Waals surface area contributed by atoms with E-state index in [2.05, 4.69) is 87.5 Å². The summed E-state index contributed by atoms with van der Waals surface area (Å²) in [5.74, 6) is 0. The molecule has 3 nitrogen and oxygen atoms in total. The molecule has 0 unspecified atom stereocenters. The second kappa shape index (κ2) is 7.53. The van der Waals surface area contributed by atoms with Crippen molar-refractivity contribution in [1.29, 1.82) is 0 Å². The van der Waals surface area contributed by atoms with Gasteiger partial charge in [-0.2, -0.15) is 5.10 Å². The minimum absolute atomic E-state index is 0.922. The molecule has 1 aliphatic rings. The van der Waals surface area contributed by atoms with Crippen LogP contribution >= 0.6 is 11.3 Å². The topological polar surface area (TPSA) is 31.9 Å². The van der Waals surface area contributed by atoms with E-state index < -0.39 is 0 Å². The maximum atomic E-state index is 4.52. The van der Waals surface area contributed by atoms with Crippen LogP contribution in [0.5, 0.6) is 0 Å². The number of thiophene rings is 1. The maximum absolute atomic E-state index is 4.52. The maximum Gasteiger partial charge on any atom is 0.0901 e. The van der Waals surface area contributed by atoms with Crippen molar-refractivity contribution in [3.63, 3.8) is 0 Å². The average molecular weight is 347 g/mol.